The van der Waals surface area contributed by atoms with E-state index < -0.39 is 0 Å². The first-order valence-corrected chi connectivity index (χ1v) is 12.4. The Kier molecular flexibility index (Phi) is 6.79. The summed E-state index contributed by atoms with van der Waals surface area (Å²) in [5.74, 6) is 1.77. The van der Waals surface area contributed by atoms with Crippen molar-refractivity contribution in [3.63, 3.8) is 0 Å². The number of anilines is 1. The van der Waals surface area contributed by atoms with Crippen LogP contribution in [0.15, 0.2) is 52.6 Å². The van der Waals surface area contributed by atoms with Gasteiger partial charge in [-0.1, -0.05) is 30.0 Å². The van der Waals surface area contributed by atoms with E-state index >= 15 is 0 Å². The number of benzene rings is 2. The topological polar surface area (TPSA) is 57.5 Å². The summed E-state index contributed by atoms with van der Waals surface area (Å²) in [6, 6.07) is 14.6. The Bertz CT molecular complexity index is 1110. The van der Waals surface area contributed by atoms with E-state index in [-0.39, 0.29) is 9.99 Å². The number of hydrogen-bond acceptors (Lipinski definition) is 5. The minimum atomic E-state index is -0.377. The fraction of sp³-hybridized carbons (Fsp3) is 0.423. The molecule has 0 unspecified atom stereocenters. The van der Waals surface area contributed by atoms with Crippen LogP contribution in [0.5, 0.6) is 5.75 Å². The van der Waals surface area contributed by atoms with Crippen molar-refractivity contribution in [2.24, 2.45) is 10.1 Å². The summed E-state index contributed by atoms with van der Waals surface area (Å²) in [5, 5.41) is 6.30. The Morgan fingerprint density at radius 2 is 2.00 bits per heavy atom. The number of carbonyl (C=O) groups is 1. The van der Waals surface area contributed by atoms with Crippen LogP contribution in [0.4, 0.5) is 10.5 Å². The summed E-state index contributed by atoms with van der Waals surface area (Å²) >= 11 is 1.34. The van der Waals surface area contributed by atoms with E-state index in [1.54, 1.807) is 12.1 Å². The van der Waals surface area contributed by atoms with Gasteiger partial charge in [0.2, 0.25) is 0 Å². The maximum absolute atomic E-state index is 12.4. The number of hydrazone groups is 1. The summed E-state index contributed by atoms with van der Waals surface area (Å²) in [4.78, 5) is 19.6. The highest BCUT2D eigenvalue weighted by Gasteiger charge is 2.37. The molecule has 4 rings (SSSR count). The molecular formula is C26H32N4O2S. The standard InChI is InChI=1S/C26H32N4O2S/c1-6-27-24(20-12-8-9-13-22(20)32-5)29-16-10-11-18-17-19(14-15-21(18)29)23-26(3,4)33-25(31)30(7-2)28-23/h8-9,12-15,17H,6-7,10-11,16H2,1-5H3. The third-order valence-corrected chi connectivity index (χ3v) is 7.12. The van der Waals surface area contributed by atoms with Gasteiger partial charge in [-0.15, -0.1) is 0 Å². The minimum absolute atomic E-state index is 0.00705. The third-order valence-electron chi connectivity index (χ3n) is 6.03. The summed E-state index contributed by atoms with van der Waals surface area (Å²) in [5.41, 5.74) is 5.48. The maximum Gasteiger partial charge on any atom is 0.302 e. The predicted molar refractivity (Wildman–Crippen MR) is 138 cm³/mol. The molecule has 0 fully saturated rings. The van der Waals surface area contributed by atoms with Crippen molar-refractivity contribution in [3.8, 4) is 5.75 Å². The van der Waals surface area contributed by atoms with Gasteiger partial charge in [-0.25, -0.2) is 5.01 Å². The molecule has 2 aromatic rings. The lowest BCUT2D eigenvalue weighted by molar-refractivity contribution is 0.226. The highest BCUT2D eigenvalue weighted by molar-refractivity contribution is 8.15. The molecule has 0 aromatic heterocycles. The van der Waals surface area contributed by atoms with Crippen molar-refractivity contribution in [2.45, 2.75) is 45.3 Å². The van der Waals surface area contributed by atoms with Crippen LogP contribution < -0.4 is 9.64 Å². The second-order valence-corrected chi connectivity index (χ2v) is 10.2. The molecule has 0 spiro atoms. The van der Waals surface area contributed by atoms with Crippen LogP contribution in [0.2, 0.25) is 0 Å². The van der Waals surface area contributed by atoms with Gasteiger partial charge in [0, 0.05) is 25.3 Å². The lowest BCUT2D eigenvalue weighted by Crippen LogP contribution is -2.41. The average molecular weight is 465 g/mol. The zero-order valence-corrected chi connectivity index (χ0v) is 20.9. The number of rotatable bonds is 5. The zero-order valence-electron chi connectivity index (χ0n) is 20.1. The van der Waals surface area contributed by atoms with Crippen LogP contribution >= 0.6 is 11.8 Å². The fourth-order valence-corrected chi connectivity index (χ4v) is 5.43. The Morgan fingerprint density at radius 3 is 2.73 bits per heavy atom. The molecule has 1 amide bonds. The molecule has 2 aromatic carbocycles. The zero-order chi connectivity index (χ0) is 23.6. The number of ether oxygens (including phenoxy) is 1. The first-order chi connectivity index (χ1) is 15.9. The highest BCUT2D eigenvalue weighted by atomic mass is 32.2. The number of carbonyl (C=O) groups excluding carboxylic acids is 1. The van der Waals surface area contributed by atoms with Gasteiger partial charge in [0.15, 0.2) is 0 Å². The third kappa shape index (κ3) is 4.51. The maximum atomic E-state index is 12.4. The number of nitrogens with zero attached hydrogens (tertiary/aromatic N) is 4. The van der Waals surface area contributed by atoms with Gasteiger partial charge in [0.05, 0.1) is 23.1 Å². The number of amidine groups is 1. The number of hydrogen-bond donors (Lipinski definition) is 0. The molecule has 0 atom stereocenters. The number of thioether (sulfide) groups is 1. The van der Waals surface area contributed by atoms with E-state index in [0.29, 0.717) is 13.1 Å². The van der Waals surface area contributed by atoms with Crippen LogP contribution in [0.25, 0.3) is 0 Å². The van der Waals surface area contributed by atoms with E-state index in [4.69, 9.17) is 14.8 Å². The van der Waals surface area contributed by atoms with E-state index in [2.05, 4.69) is 49.9 Å². The van der Waals surface area contributed by atoms with Gasteiger partial charge >= 0.3 is 5.24 Å². The van der Waals surface area contributed by atoms with Gasteiger partial charge in [0.1, 0.15) is 11.6 Å². The molecular weight excluding hydrogens is 432 g/mol. The van der Waals surface area contributed by atoms with Crippen molar-refractivity contribution in [1.82, 2.24) is 5.01 Å². The molecule has 0 N–H and O–H groups in total. The fourth-order valence-electron chi connectivity index (χ4n) is 4.47. The largest absolute Gasteiger partial charge is 0.496 e. The van der Waals surface area contributed by atoms with Crippen LogP contribution in [-0.4, -0.2) is 53.3 Å². The van der Waals surface area contributed by atoms with E-state index in [1.807, 2.05) is 25.1 Å². The second-order valence-electron chi connectivity index (χ2n) is 8.64. The molecule has 174 valence electrons. The van der Waals surface area contributed by atoms with E-state index in [0.717, 1.165) is 47.8 Å². The Balaban J connectivity index is 1.76. The molecule has 0 bridgehead atoms. The van der Waals surface area contributed by atoms with Crippen LogP contribution in [0.1, 0.15) is 50.8 Å². The summed E-state index contributed by atoms with van der Waals surface area (Å²) in [7, 11) is 1.70. The van der Waals surface area contributed by atoms with E-state index in [1.165, 1.54) is 23.0 Å². The predicted octanol–water partition coefficient (Wildman–Crippen LogP) is 5.59. The van der Waals surface area contributed by atoms with Crippen molar-refractivity contribution >= 4 is 34.2 Å². The first-order valence-electron chi connectivity index (χ1n) is 11.6. The summed E-state index contributed by atoms with van der Waals surface area (Å²) in [6.07, 6.45) is 2.04. The molecule has 2 aliphatic heterocycles. The number of amides is 1. The molecule has 0 saturated heterocycles. The smallest absolute Gasteiger partial charge is 0.302 e. The Hall–Kier alpha value is -2.80. The van der Waals surface area contributed by atoms with Gasteiger partial charge in [-0.3, -0.25) is 9.79 Å². The Morgan fingerprint density at radius 1 is 1.21 bits per heavy atom. The van der Waals surface area contributed by atoms with Gasteiger partial charge in [-0.05, 0) is 75.9 Å². The van der Waals surface area contributed by atoms with Crippen molar-refractivity contribution in [3.05, 3.63) is 59.2 Å². The quantitative estimate of drug-likeness (QED) is 0.428. The minimum Gasteiger partial charge on any atom is -0.496 e. The molecule has 0 saturated carbocycles. The molecule has 0 radical (unpaired) electrons. The van der Waals surface area contributed by atoms with Crippen molar-refractivity contribution in [2.75, 3.05) is 31.6 Å². The molecule has 33 heavy (non-hydrogen) atoms. The van der Waals surface area contributed by atoms with Crippen molar-refractivity contribution < 1.29 is 9.53 Å². The average Bonchev–Trinajstić information content (AvgIpc) is 2.81. The Labute approximate surface area is 200 Å². The number of methoxy groups -OCH3 is 1. The molecule has 2 heterocycles. The van der Waals surface area contributed by atoms with E-state index in [9.17, 15) is 4.79 Å². The van der Waals surface area contributed by atoms with Gasteiger partial charge < -0.3 is 9.64 Å². The summed E-state index contributed by atoms with van der Waals surface area (Å²) in [6.45, 7) is 10.3. The van der Waals surface area contributed by atoms with Gasteiger partial charge in [0.25, 0.3) is 0 Å². The first kappa shape index (κ1) is 23.4. The van der Waals surface area contributed by atoms with Crippen molar-refractivity contribution in [1.29, 1.82) is 0 Å². The lowest BCUT2D eigenvalue weighted by Gasteiger charge is -2.35. The number of fused-ring (bicyclic) bond motifs is 1. The molecule has 0 aliphatic carbocycles. The van der Waals surface area contributed by atoms with Crippen LogP contribution in [0, 0.1) is 0 Å². The monoisotopic (exact) mass is 464 g/mol. The normalized spacial score (nSPS) is 18.2. The number of aliphatic imine (C=N–C) groups is 1. The van der Waals surface area contributed by atoms with Gasteiger partial charge in [-0.2, -0.15) is 5.10 Å². The lowest BCUT2D eigenvalue weighted by atomic mass is 9.93. The molecule has 6 nitrogen and oxygen atoms in total. The SMILES string of the molecule is CCN=C(c1ccccc1OC)N1CCCc2cc(C3=NN(CC)C(=O)SC3(C)C)ccc21. The number of para-hydroxylation sites is 1. The summed E-state index contributed by atoms with van der Waals surface area (Å²) < 4.78 is 5.27. The highest BCUT2D eigenvalue weighted by Crippen LogP contribution is 2.38. The van der Waals surface area contributed by atoms with Crippen LogP contribution in [-0.2, 0) is 6.42 Å². The molecule has 7 heteroatoms. The second kappa shape index (κ2) is 9.59. The number of aryl methyl sites for hydroxylation is 1. The van der Waals surface area contributed by atoms with Crippen LogP contribution in [0.3, 0.4) is 0 Å². The molecule has 2 aliphatic rings.